The summed E-state index contributed by atoms with van der Waals surface area (Å²) in [5.41, 5.74) is 0.776. The van der Waals surface area contributed by atoms with E-state index in [-0.39, 0.29) is 5.91 Å². The van der Waals surface area contributed by atoms with Crippen LogP contribution < -0.4 is 5.32 Å². The minimum atomic E-state index is -0.399. The molecule has 0 spiro atoms. The summed E-state index contributed by atoms with van der Waals surface area (Å²) in [4.78, 5) is 14.6. The lowest BCUT2D eigenvalue weighted by Gasteiger charge is -2.36. The maximum Gasteiger partial charge on any atom is 0.242 e. The van der Waals surface area contributed by atoms with Gasteiger partial charge < -0.3 is 10.2 Å². The van der Waals surface area contributed by atoms with Crippen molar-refractivity contribution < 1.29 is 4.79 Å². The Morgan fingerprint density at radius 3 is 2.68 bits per heavy atom. The molecule has 3 heteroatoms. The number of hydrogen-bond acceptors (Lipinski definition) is 2. The Morgan fingerprint density at radius 1 is 1.18 bits per heavy atom. The summed E-state index contributed by atoms with van der Waals surface area (Å²) in [6.07, 6.45) is 3.21. The van der Waals surface area contributed by atoms with Crippen molar-refractivity contribution in [2.75, 3.05) is 13.6 Å². The van der Waals surface area contributed by atoms with E-state index in [9.17, 15) is 4.79 Å². The van der Waals surface area contributed by atoms with Crippen LogP contribution in [0.2, 0.25) is 0 Å². The van der Waals surface area contributed by atoms with Crippen LogP contribution in [-0.2, 0) is 11.3 Å². The molecule has 1 atom stereocenters. The first-order chi connectivity index (χ1) is 10.6. The maximum atomic E-state index is 12.8. The first kappa shape index (κ1) is 15.0. The molecule has 0 bridgehead atoms. The van der Waals surface area contributed by atoms with Crippen LogP contribution in [-0.4, -0.2) is 29.9 Å². The minimum absolute atomic E-state index is 0.195. The normalized spacial score (nSPS) is 21.7. The lowest BCUT2D eigenvalue weighted by Crippen LogP contribution is -2.57. The van der Waals surface area contributed by atoms with Crippen LogP contribution in [0, 0.1) is 0 Å². The van der Waals surface area contributed by atoms with E-state index in [1.807, 2.05) is 31.0 Å². The van der Waals surface area contributed by atoms with Gasteiger partial charge in [0.05, 0.1) is 5.54 Å². The van der Waals surface area contributed by atoms with E-state index in [2.05, 4.69) is 35.6 Å². The average Bonchev–Trinajstić information content (AvgIpc) is 2.54. The lowest BCUT2D eigenvalue weighted by molar-refractivity contribution is -0.137. The second-order valence-corrected chi connectivity index (χ2v) is 6.56. The Balaban J connectivity index is 1.74. The molecule has 0 aromatic heterocycles. The van der Waals surface area contributed by atoms with Gasteiger partial charge in [-0.25, -0.2) is 0 Å². The monoisotopic (exact) mass is 296 g/mol. The van der Waals surface area contributed by atoms with E-state index in [0.717, 1.165) is 25.8 Å². The third kappa shape index (κ3) is 3.00. The molecule has 1 saturated heterocycles. The summed E-state index contributed by atoms with van der Waals surface area (Å²) in [7, 11) is 1.90. The Bertz CT molecular complexity index is 674. The predicted molar refractivity (Wildman–Crippen MR) is 90.7 cm³/mol. The van der Waals surface area contributed by atoms with E-state index < -0.39 is 5.54 Å². The van der Waals surface area contributed by atoms with Gasteiger partial charge in [-0.15, -0.1) is 0 Å². The van der Waals surface area contributed by atoms with Crippen molar-refractivity contribution in [3.05, 3.63) is 48.0 Å². The van der Waals surface area contributed by atoms with Gasteiger partial charge in [0.25, 0.3) is 0 Å². The first-order valence-corrected chi connectivity index (χ1v) is 8.07. The number of likely N-dealkylation sites (N-methyl/N-ethyl adjacent to an activating group) is 1. The topological polar surface area (TPSA) is 32.3 Å². The van der Waals surface area contributed by atoms with Gasteiger partial charge in [-0.2, -0.15) is 0 Å². The number of hydrogen-bond donors (Lipinski definition) is 1. The third-order valence-electron chi connectivity index (χ3n) is 4.67. The number of nitrogens with zero attached hydrogens (tertiary/aromatic N) is 1. The van der Waals surface area contributed by atoms with Crippen molar-refractivity contribution in [1.29, 1.82) is 0 Å². The summed E-state index contributed by atoms with van der Waals surface area (Å²) in [6.45, 7) is 3.62. The van der Waals surface area contributed by atoms with E-state index in [1.54, 1.807) is 0 Å². The molecule has 1 heterocycles. The number of rotatable bonds is 3. The molecule has 3 rings (SSSR count). The largest absolute Gasteiger partial charge is 0.340 e. The fourth-order valence-electron chi connectivity index (χ4n) is 3.34. The summed E-state index contributed by atoms with van der Waals surface area (Å²) < 4.78 is 0. The number of carbonyl (C=O) groups is 1. The van der Waals surface area contributed by atoms with Crippen LogP contribution in [0.25, 0.3) is 10.8 Å². The van der Waals surface area contributed by atoms with Crippen LogP contribution in [0.4, 0.5) is 0 Å². The highest BCUT2D eigenvalue weighted by molar-refractivity contribution is 5.86. The molecule has 1 unspecified atom stereocenters. The van der Waals surface area contributed by atoms with Gasteiger partial charge in [0.2, 0.25) is 5.91 Å². The lowest BCUT2D eigenvalue weighted by atomic mass is 9.89. The summed E-state index contributed by atoms with van der Waals surface area (Å²) in [5, 5.41) is 5.86. The van der Waals surface area contributed by atoms with Crippen molar-refractivity contribution in [1.82, 2.24) is 10.2 Å². The quantitative estimate of drug-likeness (QED) is 0.942. The Labute approximate surface area is 132 Å². The second-order valence-electron chi connectivity index (χ2n) is 6.56. The van der Waals surface area contributed by atoms with Gasteiger partial charge in [0, 0.05) is 13.6 Å². The molecule has 1 fully saturated rings. The van der Waals surface area contributed by atoms with E-state index in [4.69, 9.17) is 0 Å². The average molecular weight is 296 g/mol. The van der Waals surface area contributed by atoms with Crippen LogP contribution in [0.3, 0.4) is 0 Å². The molecular formula is C19H24N2O. The standard InChI is InChI=1S/C19H24N2O/c1-19(11-5-6-12-20-19)18(22)21(2)14-15-9-10-16-7-3-4-8-17(16)13-15/h3-4,7-10,13,20H,5-6,11-12,14H2,1-2H3. The van der Waals surface area contributed by atoms with E-state index in [1.165, 1.54) is 16.3 Å². The molecule has 116 valence electrons. The number of amides is 1. The number of carbonyl (C=O) groups excluding carboxylic acids is 1. The van der Waals surface area contributed by atoms with Crippen molar-refractivity contribution in [3.63, 3.8) is 0 Å². The smallest absolute Gasteiger partial charge is 0.242 e. The Morgan fingerprint density at radius 2 is 1.95 bits per heavy atom. The highest BCUT2D eigenvalue weighted by Gasteiger charge is 2.36. The molecule has 0 saturated carbocycles. The molecule has 1 aliphatic rings. The highest BCUT2D eigenvalue weighted by atomic mass is 16.2. The molecule has 0 aliphatic carbocycles. The molecule has 0 radical (unpaired) electrons. The molecule has 22 heavy (non-hydrogen) atoms. The minimum Gasteiger partial charge on any atom is -0.340 e. The van der Waals surface area contributed by atoms with Crippen molar-refractivity contribution >= 4 is 16.7 Å². The number of fused-ring (bicyclic) bond motifs is 1. The van der Waals surface area contributed by atoms with Gasteiger partial charge in [-0.1, -0.05) is 36.4 Å². The maximum absolute atomic E-state index is 12.8. The summed E-state index contributed by atoms with van der Waals surface area (Å²) in [5.74, 6) is 0.195. The number of piperidine rings is 1. The van der Waals surface area contributed by atoms with Crippen molar-refractivity contribution in [2.45, 2.75) is 38.3 Å². The molecule has 1 N–H and O–H groups in total. The van der Waals surface area contributed by atoms with Crippen molar-refractivity contribution in [2.24, 2.45) is 0 Å². The number of benzene rings is 2. The Hall–Kier alpha value is -1.87. The zero-order valence-electron chi connectivity index (χ0n) is 13.4. The zero-order chi connectivity index (χ0) is 15.6. The molecular weight excluding hydrogens is 272 g/mol. The fourth-order valence-corrected chi connectivity index (χ4v) is 3.34. The fraction of sp³-hybridized carbons (Fsp3) is 0.421. The van der Waals surface area contributed by atoms with E-state index in [0.29, 0.717) is 6.54 Å². The summed E-state index contributed by atoms with van der Waals surface area (Å²) >= 11 is 0. The van der Waals surface area contributed by atoms with Gasteiger partial charge in [0.1, 0.15) is 0 Å². The van der Waals surface area contributed by atoms with Crippen LogP contribution in [0.15, 0.2) is 42.5 Å². The van der Waals surface area contributed by atoms with E-state index >= 15 is 0 Å². The summed E-state index contributed by atoms with van der Waals surface area (Å²) in [6, 6.07) is 14.7. The molecule has 1 amide bonds. The SMILES string of the molecule is CN(Cc1ccc2ccccc2c1)C(=O)C1(C)CCCCN1. The van der Waals surface area contributed by atoms with Crippen molar-refractivity contribution in [3.8, 4) is 0 Å². The van der Waals surface area contributed by atoms with Gasteiger partial charge in [0.15, 0.2) is 0 Å². The molecule has 2 aromatic carbocycles. The Kier molecular flexibility index (Phi) is 4.16. The van der Waals surface area contributed by atoms with Gasteiger partial charge in [-0.05, 0) is 55.1 Å². The molecule has 2 aromatic rings. The van der Waals surface area contributed by atoms with Gasteiger partial charge >= 0.3 is 0 Å². The first-order valence-electron chi connectivity index (χ1n) is 8.07. The van der Waals surface area contributed by atoms with Crippen LogP contribution in [0.1, 0.15) is 31.7 Å². The highest BCUT2D eigenvalue weighted by Crippen LogP contribution is 2.22. The second kappa shape index (κ2) is 6.09. The third-order valence-corrected chi connectivity index (χ3v) is 4.67. The predicted octanol–water partition coefficient (Wildman–Crippen LogP) is 3.33. The molecule has 1 aliphatic heterocycles. The van der Waals surface area contributed by atoms with Crippen LogP contribution in [0.5, 0.6) is 0 Å². The zero-order valence-corrected chi connectivity index (χ0v) is 13.4. The van der Waals surface area contributed by atoms with Gasteiger partial charge in [-0.3, -0.25) is 4.79 Å². The number of nitrogens with one attached hydrogen (secondary N) is 1. The molecule has 3 nitrogen and oxygen atoms in total. The van der Waals surface area contributed by atoms with Crippen LogP contribution >= 0.6 is 0 Å².